The lowest BCUT2D eigenvalue weighted by Crippen LogP contribution is -2.02. The van der Waals surface area contributed by atoms with E-state index in [1.54, 1.807) is 12.1 Å². The van der Waals surface area contributed by atoms with E-state index in [2.05, 4.69) is 0 Å². The molecule has 90 valence electrons. The first-order valence-corrected chi connectivity index (χ1v) is 4.84. The van der Waals surface area contributed by atoms with Crippen LogP contribution in [0.15, 0.2) is 18.2 Å². The van der Waals surface area contributed by atoms with E-state index in [0.717, 1.165) is 0 Å². The molecule has 0 unspecified atom stereocenters. The van der Waals surface area contributed by atoms with Crippen molar-refractivity contribution in [1.82, 2.24) is 0 Å². The van der Waals surface area contributed by atoms with Crippen LogP contribution in [0.5, 0.6) is 17.2 Å². The van der Waals surface area contributed by atoms with Crippen molar-refractivity contribution >= 4 is 5.70 Å². The molecule has 5 nitrogen and oxygen atoms in total. The Morgan fingerprint density at radius 3 is 2.29 bits per heavy atom. The van der Waals surface area contributed by atoms with Gasteiger partial charge in [-0.3, -0.25) is 0 Å². The maximum Gasteiger partial charge on any atom is 0.203 e. The third kappa shape index (κ3) is 2.42. The Bertz CT molecular complexity index is 475. The Hall–Kier alpha value is -2.35. The summed E-state index contributed by atoms with van der Waals surface area (Å²) in [6.45, 7) is 0. The van der Waals surface area contributed by atoms with E-state index in [1.807, 2.05) is 6.07 Å². The summed E-state index contributed by atoms with van der Waals surface area (Å²) in [7, 11) is 4.54. The molecule has 0 aliphatic heterocycles. The standard InChI is InChI=1S/C12H14N2O3/c1-15-10-5-4-8(9(14)6-7-13)11(16-2)12(10)17-3/h4-6H,14H2,1-3H3/b9-6-. The lowest BCUT2D eigenvalue weighted by atomic mass is 10.1. The van der Waals surface area contributed by atoms with Gasteiger partial charge in [0.25, 0.3) is 0 Å². The summed E-state index contributed by atoms with van der Waals surface area (Å²) in [6, 6.07) is 5.28. The zero-order valence-corrected chi connectivity index (χ0v) is 9.98. The van der Waals surface area contributed by atoms with E-state index < -0.39 is 0 Å². The predicted octanol–water partition coefficient (Wildman–Crippen LogP) is 1.54. The zero-order valence-electron chi connectivity index (χ0n) is 9.98. The molecule has 5 heteroatoms. The number of nitriles is 1. The SMILES string of the molecule is COc1ccc(/C(N)=C/C#N)c(OC)c1OC. The first-order valence-electron chi connectivity index (χ1n) is 4.84. The predicted molar refractivity (Wildman–Crippen MR) is 63.9 cm³/mol. The molecule has 0 aliphatic rings. The van der Waals surface area contributed by atoms with Crippen LogP contribution in [0.25, 0.3) is 5.70 Å². The van der Waals surface area contributed by atoms with E-state index in [1.165, 1.54) is 27.4 Å². The van der Waals surface area contributed by atoms with Gasteiger partial charge in [0.1, 0.15) is 0 Å². The molecule has 0 heterocycles. The molecule has 0 aromatic heterocycles. The van der Waals surface area contributed by atoms with Gasteiger partial charge in [-0.15, -0.1) is 0 Å². The lowest BCUT2D eigenvalue weighted by molar-refractivity contribution is 0.324. The first-order chi connectivity index (χ1) is 8.19. The number of allylic oxidation sites excluding steroid dienone is 1. The highest BCUT2D eigenvalue weighted by Gasteiger charge is 2.16. The maximum absolute atomic E-state index is 8.59. The van der Waals surface area contributed by atoms with Gasteiger partial charge in [0, 0.05) is 11.6 Å². The van der Waals surface area contributed by atoms with Gasteiger partial charge >= 0.3 is 0 Å². The Balaban J connectivity index is 3.44. The van der Waals surface area contributed by atoms with Crippen LogP contribution in [-0.4, -0.2) is 21.3 Å². The van der Waals surface area contributed by atoms with E-state index in [-0.39, 0.29) is 0 Å². The fourth-order valence-electron chi connectivity index (χ4n) is 1.48. The zero-order chi connectivity index (χ0) is 12.8. The summed E-state index contributed by atoms with van der Waals surface area (Å²) in [5, 5.41) is 8.59. The number of nitrogens with zero attached hydrogens (tertiary/aromatic N) is 1. The maximum atomic E-state index is 8.59. The molecule has 1 aromatic carbocycles. The number of hydrogen-bond acceptors (Lipinski definition) is 5. The lowest BCUT2D eigenvalue weighted by Gasteiger charge is -2.15. The normalized spacial score (nSPS) is 10.6. The van der Waals surface area contributed by atoms with Crippen LogP contribution in [0, 0.1) is 11.3 Å². The van der Waals surface area contributed by atoms with E-state index in [4.69, 9.17) is 25.2 Å². The average Bonchev–Trinajstić information content (AvgIpc) is 2.36. The Morgan fingerprint density at radius 2 is 1.82 bits per heavy atom. The third-order valence-electron chi connectivity index (χ3n) is 2.24. The molecule has 0 spiro atoms. The van der Waals surface area contributed by atoms with Crippen LogP contribution in [0.4, 0.5) is 0 Å². The van der Waals surface area contributed by atoms with Crippen molar-refractivity contribution in [3.05, 3.63) is 23.8 Å². The molecule has 17 heavy (non-hydrogen) atoms. The van der Waals surface area contributed by atoms with Crippen molar-refractivity contribution in [2.45, 2.75) is 0 Å². The van der Waals surface area contributed by atoms with Crippen molar-refractivity contribution in [2.75, 3.05) is 21.3 Å². The second kappa shape index (κ2) is 5.66. The summed E-state index contributed by atoms with van der Waals surface area (Å²) in [4.78, 5) is 0. The van der Waals surface area contributed by atoms with E-state index >= 15 is 0 Å². The number of ether oxygens (including phenoxy) is 3. The largest absolute Gasteiger partial charge is 0.493 e. The van der Waals surface area contributed by atoms with Crippen molar-refractivity contribution < 1.29 is 14.2 Å². The molecular formula is C12H14N2O3. The van der Waals surface area contributed by atoms with Gasteiger partial charge in [-0.1, -0.05) is 0 Å². The molecule has 0 bridgehead atoms. The van der Waals surface area contributed by atoms with E-state index in [9.17, 15) is 0 Å². The molecular weight excluding hydrogens is 220 g/mol. The summed E-state index contributed by atoms with van der Waals surface area (Å²) in [6.07, 6.45) is 1.24. The van der Waals surface area contributed by atoms with Crippen molar-refractivity contribution in [2.24, 2.45) is 5.73 Å². The first kappa shape index (κ1) is 12.7. The second-order valence-electron chi connectivity index (χ2n) is 3.11. The minimum Gasteiger partial charge on any atom is -0.493 e. The molecule has 0 fully saturated rings. The second-order valence-corrected chi connectivity index (χ2v) is 3.11. The molecule has 0 aliphatic carbocycles. The summed E-state index contributed by atoms with van der Waals surface area (Å²) in [5.41, 5.74) is 6.66. The van der Waals surface area contributed by atoms with Crippen molar-refractivity contribution in [1.29, 1.82) is 5.26 Å². The van der Waals surface area contributed by atoms with Gasteiger partial charge in [-0.05, 0) is 12.1 Å². The van der Waals surface area contributed by atoms with Gasteiger partial charge in [0.15, 0.2) is 11.5 Å². The van der Waals surface area contributed by atoms with Crippen molar-refractivity contribution in [3.63, 3.8) is 0 Å². The topological polar surface area (TPSA) is 77.5 Å². The van der Waals surface area contributed by atoms with Crippen molar-refractivity contribution in [3.8, 4) is 23.3 Å². The molecule has 0 saturated heterocycles. The summed E-state index contributed by atoms with van der Waals surface area (Å²) in [5.74, 6) is 1.43. The van der Waals surface area contributed by atoms with Gasteiger partial charge in [0.2, 0.25) is 5.75 Å². The van der Waals surface area contributed by atoms with Crippen LogP contribution in [0.3, 0.4) is 0 Å². The van der Waals surface area contributed by atoms with Gasteiger partial charge in [0.05, 0.1) is 33.1 Å². The Kier molecular flexibility index (Phi) is 4.23. The number of benzene rings is 1. The van der Waals surface area contributed by atoms with Gasteiger partial charge in [-0.2, -0.15) is 5.26 Å². The molecule has 0 amide bonds. The molecule has 1 aromatic rings. The highest BCUT2D eigenvalue weighted by atomic mass is 16.5. The van der Waals surface area contributed by atoms with Gasteiger partial charge in [-0.25, -0.2) is 0 Å². The number of hydrogen-bond donors (Lipinski definition) is 1. The fraction of sp³-hybridized carbons (Fsp3) is 0.250. The number of nitrogens with two attached hydrogens (primary N) is 1. The fourth-order valence-corrected chi connectivity index (χ4v) is 1.48. The molecule has 0 atom stereocenters. The van der Waals surface area contributed by atoms with Crippen LogP contribution in [0.1, 0.15) is 5.56 Å². The number of rotatable bonds is 4. The quantitative estimate of drug-likeness (QED) is 0.799. The molecule has 2 N–H and O–H groups in total. The molecule has 0 saturated carbocycles. The van der Waals surface area contributed by atoms with Crippen LogP contribution in [-0.2, 0) is 0 Å². The van der Waals surface area contributed by atoms with Crippen LogP contribution in [0.2, 0.25) is 0 Å². The van der Waals surface area contributed by atoms with Crippen LogP contribution >= 0.6 is 0 Å². The Morgan fingerprint density at radius 1 is 1.18 bits per heavy atom. The van der Waals surface area contributed by atoms with Crippen LogP contribution < -0.4 is 19.9 Å². The van der Waals surface area contributed by atoms with E-state index in [0.29, 0.717) is 28.5 Å². The highest BCUT2D eigenvalue weighted by Crippen LogP contribution is 2.41. The summed E-state index contributed by atoms with van der Waals surface area (Å²) >= 11 is 0. The number of methoxy groups -OCH3 is 3. The minimum atomic E-state index is 0.310. The smallest absolute Gasteiger partial charge is 0.203 e. The highest BCUT2D eigenvalue weighted by molar-refractivity contribution is 5.74. The Labute approximate surface area is 100 Å². The average molecular weight is 234 g/mol. The molecule has 1 rings (SSSR count). The monoisotopic (exact) mass is 234 g/mol. The van der Waals surface area contributed by atoms with Gasteiger partial charge < -0.3 is 19.9 Å². The summed E-state index contributed by atoms with van der Waals surface area (Å²) < 4.78 is 15.6. The molecule has 0 radical (unpaired) electrons. The third-order valence-corrected chi connectivity index (χ3v) is 2.24. The minimum absolute atomic E-state index is 0.310.